The van der Waals surface area contributed by atoms with E-state index in [4.69, 9.17) is 16.3 Å². The molecule has 0 bridgehead atoms. The number of halogens is 1. The zero-order chi connectivity index (χ0) is 19.4. The summed E-state index contributed by atoms with van der Waals surface area (Å²) in [6.07, 6.45) is 9.55. The molecule has 0 spiro atoms. The molecule has 0 saturated heterocycles. The van der Waals surface area contributed by atoms with Crippen LogP contribution in [0.3, 0.4) is 0 Å². The highest BCUT2D eigenvalue weighted by Crippen LogP contribution is 2.66. The van der Waals surface area contributed by atoms with E-state index in [0.29, 0.717) is 36.0 Å². The Kier molecular flexibility index (Phi) is 5.27. The minimum absolute atomic E-state index is 0.0527. The first-order valence-electron chi connectivity index (χ1n) is 11.0. The summed E-state index contributed by atoms with van der Waals surface area (Å²) in [5.74, 6) is 2.64. The van der Waals surface area contributed by atoms with Crippen LogP contribution in [0.5, 0.6) is 0 Å². The van der Waals surface area contributed by atoms with E-state index in [2.05, 4.69) is 13.8 Å². The smallest absolute Gasteiger partial charge is 0.156 e. The molecule has 3 nitrogen and oxygen atoms in total. The molecule has 152 valence electrons. The minimum Gasteiger partial charge on any atom is -0.368 e. The van der Waals surface area contributed by atoms with Crippen LogP contribution in [0.15, 0.2) is 11.6 Å². The summed E-state index contributed by atoms with van der Waals surface area (Å²) in [6.45, 7) is 6.77. The van der Waals surface area contributed by atoms with Crippen LogP contribution in [0.1, 0.15) is 72.1 Å². The number of carbonyl (C=O) groups excluding carboxylic acids is 1. The van der Waals surface area contributed by atoms with Gasteiger partial charge in [0.1, 0.15) is 0 Å². The second-order valence-electron chi connectivity index (χ2n) is 10.1. The largest absolute Gasteiger partial charge is 0.368 e. The summed E-state index contributed by atoms with van der Waals surface area (Å²) < 4.78 is 6.32. The van der Waals surface area contributed by atoms with Gasteiger partial charge in [0.25, 0.3) is 0 Å². The summed E-state index contributed by atoms with van der Waals surface area (Å²) in [4.78, 5) is 12.3. The van der Waals surface area contributed by atoms with Crippen molar-refractivity contribution in [1.82, 2.24) is 0 Å². The predicted molar refractivity (Wildman–Crippen MR) is 107 cm³/mol. The number of aliphatic hydroxyl groups excluding tert-OH is 1. The van der Waals surface area contributed by atoms with E-state index in [1.165, 1.54) is 24.8 Å². The van der Waals surface area contributed by atoms with Gasteiger partial charge in [0.15, 0.2) is 12.1 Å². The van der Waals surface area contributed by atoms with Crippen LogP contribution in [0, 0.1) is 34.5 Å². The van der Waals surface area contributed by atoms with Gasteiger partial charge in [-0.1, -0.05) is 32.8 Å². The molecule has 3 fully saturated rings. The van der Waals surface area contributed by atoms with Crippen molar-refractivity contribution in [2.24, 2.45) is 34.5 Å². The van der Waals surface area contributed by atoms with Gasteiger partial charge in [0, 0.05) is 12.3 Å². The van der Waals surface area contributed by atoms with Gasteiger partial charge >= 0.3 is 0 Å². The fraction of sp³-hybridized carbons (Fsp3) is 0.870. The number of allylic oxidation sites excluding steroid dienone is 1. The molecular weight excluding hydrogens is 360 g/mol. The summed E-state index contributed by atoms with van der Waals surface area (Å²) in [7, 11) is 0. The number of carbonyl (C=O) groups is 1. The summed E-state index contributed by atoms with van der Waals surface area (Å²) >= 11 is 6.44. The van der Waals surface area contributed by atoms with Gasteiger partial charge in [-0.15, -0.1) is 11.6 Å². The first kappa shape index (κ1) is 19.9. The van der Waals surface area contributed by atoms with E-state index in [1.807, 2.05) is 13.0 Å². The Labute approximate surface area is 168 Å². The Bertz CT molecular complexity index is 631. The molecule has 4 rings (SSSR count). The van der Waals surface area contributed by atoms with E-state index in [-0.39, 0.29) is 23.2 Å². The number of aliphatic hydroxyl groups is 1. The lowest BCUT2D eigenvalue weighted by Crippen LogP contribution is -2.59. The molecule has 4 heteroatoms. The average Bonchev–Trinajstić information content (AvgIpc) is 3.02. The van der Waals surface area contributed by atoms with Gasteiger partial charge in [-0.3, -0.25) is 4.79 Å². The first-order chi connectivity index (χ1) is 12.8. The molecule has 4 aliphatic rings. The molecule has 2 unspecified atom stereocenters. The van der Waals surface area contributed by atoms with Gasteiger partial charge in [-0.25, -0.2) is 0 Å². The van der Waals surface area contributed by atoms with Crippen LogP contribution in [0.25, 0.3) is 0 Å². The highest BCUT2D eigenvalue weighted by Gasteiger charge is 2.62. The molecule has 4 aliphatic carbocycles. The summed E-state index contributed by atoms with van der Waals surface area (Å²) in [5.41, 5.74) is 1.55. The average molecular weight is 395 g/mol. The van der Waals surface area contributed by atoms with Crippen molar-refractivity contribution in [2.45, 2.75) is 84.5 Å². The molecule has 1 N–H and O–H groups in total. The number of hydrogen-bond donors (Lipinski definition) is 1. The normalized spacial score (nSPS) is 47.7. The molecule has 3 saturated carbocycles. The number of alkyl halides is 1. The standard InChI is InChI=1S/C23H35ClO3/c1-4-20(26)27-19-12-22(2)9-5-6-18(22)17-8-7-14-10-16(25)11-15(13-24)23(14,3)21(17)19/h10,15,17-21,26H,4-9,11-13H2,1-3H3/t15?,17-,18-,19-,20?,21+,22-,23+/m0/s1. The van der Waals surface area contributed by atoms with Crippen LogP contribution >= 0.6 is 11.6 Å². The zero-order valence-electron chi connectivity index (χ0n) is 17.0. The molecule has 27 heavy (non-hydrogen) atoms. The highest BCUT2D eigenvalue weighted by molar-refractivity contribution is 6.18. The lowest BCUT2D eigenvalue weighted by molar-refractivity contribution is -0.216. The Morgan fingerprint density at radius 2 is 2.15 bits per heavy atom. The van der Waals surface area contributed by atoms with E-state index in [0.717, 1.165) is 25.2 Å². The number of rotatable bonds is 4. The maximum atomic E-state index is 12.3. The van der Waals surface area contributed by atoms with Crippen molar-refractivity contribution in [3.05, 3.63) is 11.6 Å². The summed E-state index contributed by atoms with van der Waals surface area (Å²) in [6, 6.07) is 0. The predicted octanol–water partition coefficient (Wildman–Crippen LogP) is 5.10. The topological polar surface area (TPSA) is 46.5 Å². The van der Waals surface area contributed by atoms with Crippen molar-refractivity contribution in [3.8, 4) is 0 Å². The second kappa shape index (κ2) is 7.15. The Morgan fingerprint density at radius 3 is 2.85 bits per heavy atom. The molecule has 0 aliphatic heterocycles. The third-order valence-corrected chi connectivity index (χ3v) is 9.21. The molecule has 0 amide bonds. The third kappa shape index (κ3) is 3.04. The molecule has 0 heterocycles. The maximum Gasteiger partial charge on any atom is 0.156 e. The van der Waals surface area contributed by atoms with E-state index >= 15 is 0 Å². The SMILES string of the molecule is CCC(O)O[C@H]1C[C@]2(C)CCC[C@H]2[C@@H]2CCC3=CC(=O)CC(CCl)[C@]3(C)[C@H]21. The fourth-order valence-electron chi connectivity index (χ4n) is 7.49. The van der Waals surface area contributed by atoms with Crippen LogP contribution in [0.2, 0.25) is 0 Å². The number of fused-ring (bicyclic) bond motifs is 5. The lowest BCUT2D eigenvalue weighted by atomic mass is 9.44. The minimum atomic E-state index is -0.699. The molecule has 0 aromatic rings. The Balaban J connectivity index is 1.78. The third-order valence-electron chi connectivity index (χ3n) is 8.83. The van der Waals surface area contributed by atoms with Gasteiger partial charge in [0.2, 0.25) is 0 Å². The van der Waals surface area contributed by atoms with E-state index in [9.17, 15) is 9.90 Å². The molecular formula is C23H35ClO3. The van der Waals surface area contributed by atoms with Crippen molar-refractivity contribution in [2.75, 3.05) is 5.88 Å². The zero-order valence-corrected chi connectivity index (χ0v) is 17.8. The van der Waals surface area contributed by atoms with Crippen molar-refractivity contribution in [3.63, 3.8) is 0 Å². The quantitative estimate of drug-likeness (QED) is 0.533. The van der Waals surface area contributed by atoms with Gasteiger partial charge < -0.3 is 9.84 Å². The van der Waals surface area contributed by atoms with Crippen molar-refractivity contribution < 1.29 is 14.6 Å². The molecule has 8 atom stereocenters. The second-order valence-corrected chi connectivity index (χ2v) is 10.4. The number of ketones is 1. The van der Waals surface area contributed by atoms with Crippen molar-refractivity contribution in [1.29, 1.82) is 0 Å². The van der Waals surface area contributed by atoms with Crippen LogP contribution in [-0.2, 0) is 9.53 Å². The molecule has 0 aromatic heterocycles. The van der Waals surface area contributed by atoms with Gasteiger partial charge in [-0.2, -0.15) is 0 Å². The number of hydrogen-bond acceptors (Lipinski definition) is 3. The van der Waals surface area contributed by atoms with Crippen LogP contribution in [-0.4, -0.2) is 29.2 Å². The van der Waals surface area contributed by atoms with Gasteiger partial charge in [0.05, 0.1) is 6.10 Å². The Morgan fingerprint density at radius 1 is 1.37 bits per heavy atom. The number of ether oxygens (including phenoxy) is 1. The van der Waals surface area contributed by atoms with E-state index in [1.54, 1.807) is 0 Å². The monoisotopic (exact) mass is 394 g/mol. The first-order valence-corrected chi connectivity index (χ1v) is 11.5. The van der Waals surface area contributed by atoms with Gasteiger partial charge in [-0.05, 0) is 79.1 Å². The van der Waals surface area contributed by atoms with Crippen molar-refractivity contribution >= 4 is 17.4 Å². The maximum absolute atomic E-state index is 12.3. The molecule has 0 aromatic carbocycles. The molecule has 0 radical (unpaired) electrons. The fourth-order valence-corrected chi connectivity index (χ4v) is 7.92. The summed E-state index contributed by atoms with van der Waals surface area (Å²) in [5, 5.41) is 10.4. The highest BCUT2D eigenvalue weighted by atomic mass is 35.5. The lowest BCUT2D eigenvalue weighted by Gasteiger charge is -2.61. The van der Waals surface area contributed by atoms with Crippen LogP contribution < -0.4 is 0 Å². The van der Waals surface area contributed by atoms with E-state index < -0.39 is 6.29 Å². The van der Waals surface area contributed by atoms with Crippen LogP contribution in [0.4, 0.5) is 0 Å². The Hall–Kier alpha value is -0.380.